The summed E-state index contributed by atoms with van der Waals surface area (Å²) in [4.78, 5) is 38.3. The van der Waals surface area contributed by atoms with Gasteiger partial charge < -0.3 is 34.9 Å². The third-order valence-electron chi connectivity index (χ3n) is 0.694. The van der Waals surface area contributed by atoms with Crippen molar-refractivity contribution in [1.82, 2.24) is 0 Å². The van der Waals surface area contributed by atoms with Crippen LogP contribution in [-0.4, -0.2) is 58.3 Å². The van der Waals surface area contributed by atoms with E-state index >= 15 is 0 Å². The van der Waals surface area contributed by atoms with Crippen LogP contribution in [0.1, 0.15) is 32.0 Å². The van der Waals surface area contributed by atoms with Crippen LogP contribution in [0.25, 0.3) is 0 Å². The van der Waals surface area contributed by atoms with E-state index in [0.717, 1.165) is 13.8 Å². The second kappa shape index (κ2) is 38.4. The first kappa shape index (κ1) is 49.6. The average molecular weight is 374 g/mol. The molecule has 0 spiro atoms. The van der Waals surface area contributed by atoms with Crippen LogP contribution in [0.3, 0.4) is 0 Å². The second-order valence-corrected chi connectivity index (χ2v) is 2.72. The van der Waals surface area contributed by atoms with Gasteiger partial charge in [-0.25, -0.2) is 0 Å². The molecule has 0 amide bonds. The zero-order chi connectivity index (χ0) is 15.1. The number of carboxylic acid groups (broad SMARTS) is 2. The quantitative estimate of drug-likeness (QED) is 0.276. The first-order valence-corrected chi connectivity index (χ1v) is 4.75. The van der Waals surface area contributed by atoms with E-state index in [9.17, 15) is 9.59 Å². The van der Waals surface area contributed by atoms with Crippen LogP contribution >= 0.6 is 0 Å². The van der Waals surface area contributed by atoms with Crippen LogP contribution in [0.4, 0.5) is 0 Å². The van der Waals surface area contributed by atoms with Gasteiger partial charge in [0.2, 0.25) is 0 Å². The van der Waals surface area contributed by atoms with Crippen LogP contribution in [0, 0.1) is 0 Å². The SMILES string of the molecule is CC(=O)O.CC(=O)O.CC(=O)OCCOC(C)=O.O.O.[H-].[H-].[H-].[Na+].[Na+].[Na+]. The number of hydrogen-bond donors (Lipinski definition) is 2. The zero-order valence-electron chi connectivity index (χ0n) is 17.8. The number of esters is 2. The minimum absolute atomic E-state index is 0. The first-order chi connectivity index (χ1) is 8.09. The molecule has 23 heavy (non-hydrogen) atoms. The molecule has 6 N–H and O–H groups in total. The van der Waals surface area contributed by atoms with E-state index in [1.165, 1.54) is 13.8 Å². The van der Waals surface area contributed by atoms with Crippen molar-refractivity contribution in [3.8, 4) is 0 Å². The Kier molecular flexibility index (Phi) is 82.7. The number of carboxylic acids is 2. The number of carbonyl (C=O) groups excluding carboxylic acids is 2. The van der Waals surface area contributed by atoms with Crippen LogP contribution in [-0.2, 0) is 28.7 Å². The summed E-state index contributed by atoms with van der Waals surface area (Å²) in [7, 11) is 0. The molecule has 0 atom stereocenters. The summed E-state index contributed by atoms with van der Waals surface area (Å²) in [6.45, 7) is 5.03. The Hall–Kier alpha value is 0.800. The van der Waals surface area contributed by atoms with Crippen molar-refractivity contribution < 1.29 is 143 Å². The molecule has 0 aliphatic heterocycles. The summed E-state index contributed by atoms with van der Waals surface area (Å²) in [5.41, 5.74) is 0. The van der Waals surface area contributed by atoms with E-state index in [1.807, 2.05) is 0 Å². The zero-order valence-corrected chi connectivity index (χ0v) is 20.8. The fourth-order valence-electron chi connectivity index (χ4n) is 0.371. The van der Waals surface area contributed by atoms with Crippen molar-refractivity contribution in [3.63, 3.8) is 0 Å². The molecular weight excluding hydrogens is 349 g/mol. The van der Waals surface area contributed by atoms with Gasteiger partial charge in [0.15, 0.2) is 0 Å². The smallest absolute Gasteiger partial charge is 1.00 e. The fourth-order valence-corrected chi connectivity index (χ4v) is 0.371. The van der Waals surface area contributed by atoms with Gasteiger partial charge in [-0.15, -0.1) is 0 Å². The standard InChI is InChI=1S/C6H10O4.2C2H4O2.3Na.2H2O.3H/c1-5(7)9-3-4-10-6(2)8;2*1-2(3)4;;;;;;;;/h3-4H2,1-2H3;2*1H3,(H,3,4);;;;2*1H2;;;/q;;;3*+1;;;3*-1. The third-order valence-corrected chi connectivity index (χ3v) is 0.694. The number of aliphatic carboxylic acids is 2. The largest absolute Gasteiger partial charge is 1.00 e. The van der Waals surface area contributed by atoms with Crippen molar-refractivity contribution in [2.75, 3.05) is 13.2 Å². The average Bonchev–Trinajstić information content (AvgIpc) is 2.09. The molecule has 0 unspecified atom stereocenters. The monoisotopic (exact) mass is 374 g/mol. The molecule has 0 heterocycles. The maximum absolute atomic E-state index is 10.1. The van der Waals surface area contributed by atoms with Crippen molar-refractivity contribution in [2.24, 2.45) is 0 Å². The Morgan fingerprint density at radius 1 is 0.696 bits per heavy atom. The molecule has 13 heteroatoms. The fraction of sp³-hybridized carbons (Fsp3) is 0.600. The van der Waals surface area contributed by atoms with Crippen molar-refractivity contribution in [1.29, 1.82) is 0 Å². The maximum Gasteiger partial charge on any atom is 1.00 e. The topological polar surface area (TPSA) is 190 Å². The van der Waals surface area contributed by atoms with E-state index in [4.69, 9.17) is 19.8 Å². The molecule has 0 saturated carbocycles. The minimum Gasteiger partial charge on any atom is -1.00 e. The molecule has 0 aromatic rings. The van der Waals surface area contributed by atoms with Crippen molar-refractivity contribution in [2.45, 2.75) is 27.7 Å². The van der Waals surface area contributed by atoms with Gasteiger partial charge in [-0.05, 0) is 0 Å². The van der Waals surface area contributed by atoms with Crippen LogP contribution < -0.4 is 88.7 Å². The molecule has 128 valence electrons. The summed E-state index contributed by atoms with van der Waals surface area (Å²) in [6, 6.07) is 0. The normalized spacial score (nSPS) is 5.91. The third kappa shape index (κ3) is 162. The van der Waals surface area contributed by atoms with Gasteiger partial charge in [-0.1, -0.05) is 0 Å². The molecule has 0 fully saturated rings. The molecule has 0 aliphatic rings. The van der Waals surface area contributed by atoms with E-state index in [0.29, 0.717) is 0 Å². The summed E-state index contributed by atoms with van der Waals surface area (Å²) >= 11 is 0. The second-order valence-electron chi connectivity index (χ2n) is 2.72. The summed E-state index contributed by atoms with van der Waals surface area (Å²) in [5.74, 6) is -2.40. The number of hydrogen-bond acceptors (Lipinski definition) is 6. The number of carbonyl (C=O) groups is 4. The summed E-state index contributed by atoms with van der Waals surface area (Å²) < 4.78 is 8.95. The maximum atomic E-state index is 10.1. The Bertz CT molecular complexity index is 263. The van der Waals surface area contributed by atoms with Gasteiger partial charge in [0, 0.05) is 27.7 Å². The molecule has 0 radical (unpaired) electrons. The Morgan fingerprint density at radius 3 is 0.913 bits per heavy atom. The molecule has 0 aliphatic carbocycles. The Labute approximate surface area is 205 Å². The van der Waals surface area contributed by atoms with Gasteiger partial charge in [-0.2, -0.15) is 0 Å². The van der Waals surface area contributed by atoms with Crippen molar-refractivity contribution in [3.05, 3.63) is 0 Å². The van der Waals surface area contributed by atoms with E-state index in [-0.39, 0.29) is 129 Å². The molecule has 0 aromatic heterocycles. The van der Waals surface area contributed by atoms with Crippen LogP contribution in [0.2, 0.25) is 0 Å². The van der Waals surface area contributed by atoms with Gasteiger partial charge in [-0.3, -0.25) is 19.2 Å². The minimum atomic E-state index is -0.833. The summed E-state index contributed by atoms with van der Waals surface area (Å²) in [5, 5.41) is 14.8. The van der Waals surface area contributed by atoms with Gasteiger partial charge in [0.05, 0.1) is 0 Å². The molecule has 0 saturated heterocycles. The van der Waals surface area contributed by atoms with Gasteiger partial charge >= 0.3 is 101 Å². The molecule has 0 bridgehead atoms. The molecule has 0 aromatic carbocycles. The van der Waals surface area contributed by atoms with E-state index < -0.39 is 11.9 Å². The van der Waals surface area contributed by atoms with Gasteiger partial charge in [0.1, 0.15) is 13.2 Å². The van der Waals surface area contributed by atoms with Crippen LogP contribution in [0.5, 0.6) is 0 Å². The number of ether oxygens (including phenoxy) is 2. The molecular formula is C10H25Na3O10. The summed E-state index contributed by atoms with van der Waals surface area (Å²) in [6.07, 6.45) is 0. The molecule has 0 rings (SSSR count). The first-order valence-electron chi connectivity index (χ1n) is 4.75. The van der Waals surface area contributed by atoms with E-state index in [2.05, 4.69) is 9.47 Å². The van der Waals surface area contributed by atoms with Crippen LogP contribution in [0.15, 0.2) is 0 Å². The van der Waals surface area contributed by atoms with E-state index in [1.54, 1.807) is 0 Å². The Morgan fingerprint density at radius 2 is 0.826 bits per heavy atom. The predicted octanol–water partition coefficient (Wildman–Crippen LogP) is -10.0. The predicted molar refractivity (Wildman–Crippen MR) is 70.4 cm³/mol. The van der Waals surface area contributed by atoms with Crippen molar-refractivity contribution >= 4 is 23.9 Å². The Balaban J connectivity index is -0.0000000139. The van der Waals surface area contributed by atoms with Gasteiger partial charge in [0.25, 0.3) is 11.9 Å². The molecule has 10 nitrogen and oxygen atoms in total. The number of rotatable bonds is 3.